The Morgan fingerprint density at radius 1 is 0.667 bits per heavy atom. The van der Waals surface area contributed by atoms with Gasteiger partial charge in [0.05, 0.1) is 0 Å². The Hall–Kier alpha value is 0.340. The maximum Gasteiger partial charge on any atom is 0.306 e. The summed E-state index contributed by atoms with van der Waals surface area (Å²) >= 11 is 0. The lowest BCUT2D eigenvalue weighted by molar-refractivity contribution is -0.171. The fourth-order valence-electron chi connectivity index (χ4n) is 4.20. The van der Waals surface area contributed by atoms with Gasteiger partial charge >= 0.3 is 11.9 Å². The van der Waals surface area contributed by atoms with Crippen LogP contribution in [0.5, 0.6) is 0 Å². The van der Waals surface area contributed by atoms with Gasteiger partial charge < -0.3 is 9.47 Å². The van der Waals surface area contributed by atoms with E-state index in [0.717, 1.165) is 61.9 Å². The summed E-state index contributed by atoms with van der Waals surface area (Å²) in [4.78, 5) is 24.6. The highest BCUT2D eigenvalue weighted by Crippen LogP contribution is 2.40. The zero-order chi connectivity index (χ0) is 21.0. The fourth-order valence-corrected chi connectivity index (χ4v) is 10.3. The van der Waals surface area contributed by atoms with Crippen LogP contribution in [0.1, 0.15) is 89.9 Å². The maximum atomic E-state index is 12.3. The summed E-state index contributed by atoms with van der Waals surface area (Å²) in [6.45, 7) is 0. The molecule has 1 aliphatic carbocycles. The molecule has 0 aromatic heterocycles. The number of esters is 2. The van der Waals surface area contributed by atoms with Crippen molar-refractivity contribution in [2.75, 3.05) is 11.5 Å². The van der Waals surface area contributed by atoms with Gasteiger partial charge in [-0.3, -0.25) is 9.59 Å². The third-order valence-corrected chi connectivity index (χ3v) is 12.0. The zero-order valence-electron chi connectivity index (χ0n) is 17.9. The van der Waals surface area contributed by atoms with Crippen LogP contribution in [0.3, 0.4) is 0 Å². The van der Waals surface area contributed by atoms with Crippen molar-refractivity contribution < 1.29 is 19.1 Å². The molecule has 3 rings (SSSR count). The first kappa shape index (κ1) is 25.0. The molecule has 0 spiro atoms. The minimum absolute atomic E-state index is 0.122. The van der Waals surface area contributed by atoms with Crippen LogP contribution in [0.15, 0.2) is 0 Å². The van der Waals surface area contributed by atoms with Gasteiger partial charge in [0.2, 0.25) is 0 Å². The van der Waals surface area contributed by atoms with E-state index in [0.29, 0.717) is 12.8 Å². The molecule has 2 heterocycles. The number of unbranched alkanes of at least 4 members (excludes halogenated alkanes) is 2. The second kappa shape index (κ2) is 14.5. The molecule has 2 aliphatic heterocycles. The van der Waals surface area contributed by atoms with Gasteiger partial charge in [0.25, 0.3) is 0 Å². The summed E-state index contributed by atoms with van der Waals surface area (Å²) < 4.78 is 11.5. The minimum atomic E-state index is -0.246. The van der Waals surface area contributed by atoms with E-state index in [1.54, 1.807) is 0 Å². The predicted octanol–water partition coefficient (Wildman–Crippen LogP) is 6.81. The standard InChI is InChI=1S/C22H36O4S4/c23-21(11-5-1-7-17-13-15-27-29-17)25-19-9-3-4-10-20(19)26-22(24)12-6-2-8-18-14-16-28-30-18/h17-20H,1-16H2. The largest absolute Gasteiger partial charge is 0.458 e. The quantitative estimate of drug-likeness (QED) is 0.167. The van der Waals surface area contributed by atoms with Gasteiger partial charge in [-0.15, -0.1) is 0 Å². The Labute approximate surface area is 197 Å². The normalized spacial score (nSPS) is 29.1. The molecule has 0 N–H and O–H groups in total. The molecule has 172 valence electrons. The summed E-state index contributed by atoms with van der Waals surface area (Å²) in [7, 11) is 7.93. The number of rotatable bonds is 12. The van der Waals surface area contributed by atoms with Crippen LogP contribution < -0.4 is 0 Å². The van der Waals surface area contributed by atoms with Crippen molar-refractivity contribution in [3.8, 4) is 0 Å². The zero-order valence-corrected chi connectivity index (χ0v) is 21.2. The topological polar surface area (TPSA) is 52.6 Å². The predicted molar refractivity (Wildman–Crippen MR) is 132 cm³/mol. The van der Waals surface area contributed by atoms with Gasteiger partial charge in [-0.2, -0.15) is 0 Å². The molecule has 1 saturated carbocycles. The molecule has 0 bridgehead atoms. The van der Waals surface area contributed by atoms with Crippen molar-refractivity contribution in [1.82, 2.24) is 0 Å². The molecule has 0 aromatic carbocycles. The average Bonchev–Trinajstić information content (AvgIpc) is 3.44. The SMILES string of the molecule is O=C(CCCCC1CCSS1)OC1CCCCC1OC(=O)CCCCC1CCSS1. The molecule has 0 amide bonds. The molecular formula is C22H36O4S4. The number of carbonyl (C=O) groups is 2. The highest BCUT2D eigenvalue weighted by atomic mass is 33.1. The molecule has 8 heteroatoms. The number of hydrogen-bond donors (Lipinski definition) is 0. The lowest BCUT2D eigenvalue weighted by Gasteiger charge is -2.30. The van der Waals surface area contributed by atoms with Gasteiger partial charge in [-0.05, 0) is 64.2 Å². The van der Waals surface area contributed by atoms with Crippen molar-refractivity contribution in [2.45, 2.75) is 113 Å². The molecule has 0 radical (unpaired) electrons. The fraction of sp³-hybridized carbons (Fsp3) is 0.909. The van der Waals surface area contributed by atoms with Crippen LogP contribution in [-0.2, 0) is 19.1 Å². The third kappa shape index (κ3) is 9.45. The molecular weight excluding hydrogens is 457 g/mol. The van der Waals surface area contributed by atoms with Gasteiger partial charge in [0.1, 0.15) is 12.2 Å². The molecule has 30 heavy (non-hydrogen) atoms. The monoisotopic (exact) mass is 492 g/mol. The third-order valence-electron chi connectivity index (χ3n) is 5.98. The Bertz CT molecular complexity index is 475. The van der Waals surface area contributed by atoms with E-state index in [-0.39, 0.29) is 24.1 Å². The summed E-state index contributed by atoms with van der Waals surface area (Å²) in [5.41, 5.74) is 0. The van der Waals surface area contributed by atoms with Gasteiger partial charge in [-0.1, -0.05) is 56.0 Å². The Morgan fingerprint density at radius 2 is 1.13 bits per heavy atom. The van der Waals surface area contributed by atoms with E-state index in [2.05, 4.69) is 0 Å². The van der Waals surface area contributed by atoms with Crippen LogP contribution >= 0.6 is 43.2 Å². The van der Waals surface area contributed by atoms with Crippen LogP contribution in [0.4, 0.5) is 0 Å². The molecule has 0 aromatic rings. The Kier molecular flexibility index (Phi) is 12.1. The van der Waals surface area contributed by atoms with E-state index in [1.807, 2.05) is 43.2 Å². The van der Waals surface area contributed by atoms with Gasteiger partial charge in [0, 0.05) is 34.8 Å². The van der Waals surface area contributed by atoms with E-state index in [4.69, 9.17) is 9.47 Å². The summed E-state index contributed by atoms with van der Waals surface area (Å²) in [5, 5.41) is 1.54. The van der Waals surface area contributed by atoms with Crippen molar-refractivity contribution in [1.29, 1.82) is 0 Å². The van der Waals surface area contributed by atoms with Crippen LogP contribution in [0.25, 0.3) is 0 Å². The van der Waals surface area contributed by atoms with E-state index in [1.165, 1.54) is 37.2 Å². The number of carbonyl (C=O) groups excluding carboxylic acids is 2. The molecule has 4 atom stereocenters. The van der Waals surface area contributed by atoms with E-state index in [9.17, 15) is 9.59 Å². The van der Waals surface area contributed by atoms with Crippen LogP contribution in [0, 0.1) is 0 Å². The summed E-state index contributed by atoms with van der Waals surface area (Å²) in [6, 6.07) is 0. The molecule has 3 aliphatic rings. The average molecular weight is 493 g/mol. The maximum absolute atomic E-state index is 12.3. The number of ether oxygens (including phenoxy) is 2. The lowest BCUT2D eigenvalue weighted by atomic mass is 9.94. The first-order valence-electron chi connectivity index (χ1n) is 11.7. The molecule has 2 saturated heterocycles. The molecule has 4 nitrogen and oxygen atoms in total. The van der Waals surface area contributed by atoms with Crippen molar-refractivity contribution in [2.24, 2.45) is 0 Å². The van der Waals surface area contributed by atoms with Gasteiger partial charge in [-0.25, -0.2) is 0 Å². The van der Waals surface area contributed by atoms with E-state index >= 15 is 0 Å². The molecule has 4 unspecified atom stereocenters. The van der Waals surface area contributed by atoms with Crippen molar-refractivity contribution >= 4 is 55.1 Å². The summed E-state index contributed by atoms with van der Waals surface area (Å²) in [6.07, 6.45) is 13.2. The Balaban J connectivity index is 1.28. The second-order valence-electron chi connectivity index (χ2n) is 8.49. The first-order valence-corrected chi connectivity index (χ1v) is 16.4. The van der Waals surface area contributed by atoms with Crippen LogP contribution in [-0.4, -0.2) is 46.2 Å². The second-order valence-corrected chi connectivity index (χ2v) is 14.1. The minimum Gasteiger partial charge on any atom is -0.458 e. The summed E-state index contributed by atoms with van der Waals surface area (Å²) in [5.74, 6) is 2.28. The van der Waals surface area contributed by atoms with Crippen molar-refractivity contribution in [3.05, 3.63) is 0 Å². The van der Waals surface area contributed by atoms with Crippen molar-refractivity contribution in [3.63, 3.8) is 0 Å². The number of hydrogen-bond acceptors (Lipinski definition) is 8. The van der Waals surface area contributed by atoms with Gasteiger partial charge in [0.15, 0.2) is 0 Å². The first-order chi connectivity index (χ1) is 14.7. The highest BCUT2D eigenvalue weighted by molar-refractivity contribution is 8.77. The highest BCUT2D eigenvalue weighted by Gasteiger charge is 2.31. The van der Waals surface area contributed by atoms with Crippen LogP contribution in [0.2, 0.25) is 0 Å². The van der Waals surface area contributed by atoms with E-state index < -0.39 is 0 Å². The Morgan fingerprint density at radius 3 is 1.53 bits per heavy atom. The smallest absolute Gasteiger partial charge is 0.306 e. The molecule has 3 fully saturated rings. The lowest BCUT2D eigenvalue weighted by Crippen LogP contribution is -2.37.